The first kappa shape index (κ1) is 21.2. The number of halogens is 1. The maximum Gasteiger partial charge on any atom is 0.243 e. The predicted octanol–water partition coefficient (Wildman–Crippen LogP) is 1.85. The van der Waals surface area contributed by atoms with E-state index >= 15 is 0 Å². The number of hydrogen-bond acceptors (Lipinski definition) is 4. The fraction of sp³-hybridized carbons (Fsp3) is 0.611. The molecule has 1 amide bonds. The molecule has 1 aromatic carbocycles. The molecule has 0 bridgehead atoms. The molecule has 0 aromatic heterocycles. The molecule has 8 heteroatoms. The summed E-state index contributed by atoms with van der Waals surface area (Å²) in [5, 5.41) is 0. The van der Waals surface area contributed by atoms with Crippen molar-refractivity contribution in [2.75, 3.05) is 26.2 Å². The SMILES string of the molecule is CC1(N)CCCCC1C(=O)N1CCN(S(=O)(=O)c2ccccc2)CC1.Cl. The molecule has 1 saturated carbocycles. The number of piperazine rings is 1. The van der Waals surface area contributed by atoms with Gasteiger partial charge in [-0.2, -0.15) is 4.31 Å². The molecule has 1 aromatic rings. The minimum absolute atomic E-state index is 0. The standard InChI is InChI=1S/C18H27N3O3S.ClH/c1-18(19)10-6-5-9-16(18)17(22)20-11-13-21(14-12-20)25(23,24)15-7-3-2-4-8-15;/h2-4,7-8,16H,5-6,9-14,19H2,1H3;1H. The van der Waals surface area contributed by atoms with Crippen LogP contribution in [0.2, 0.25) is 0 Å². The fourth-order valence-corrected chi connectivity index (χ4v) is 5.32. The van der Waals surface area contributed by atoms with Crippen LogP contribution in [-0.2, 0) is 14.8 Å². The van der Waals surface area contributed by atoms with Gasteiger partial charge >= 0.3 is 0 Å². The number of rotatable bonds is 3. The molecule has 0 radical (unpaired) electrons. The Balaban J connectivity index is 0.00000243. The zero-order valence-electron chi connectivity index (χ0n) is 15.1. The molecule has 3 rings (SSSR count). The number of amides is 1. The molecule has 1 aliphatic carbocycles. The Labute approximate surface area is 162 Å². The summed E-state index contributed by atoms with van der Waals surface area (Å²) in [5.74, 6) is -0.0695. The molecule has 6 nitrogen and oxygen atoms in total. The van der Waals surface area contributed by atoms with Gasteiger partial charge in [-0.3, -0.25) is 4.79 Å². The summed E-state index contributed by atoms with van der Waals surface area (Å²) in [6.45, 7) is 3.48. The van der Waals surface area contributed by atoms with Crippen molar-refractivity contribution in [2.45, 2.75) is 43.0 Å². The highest BCUT2D eigenvalue weighted by Crippen LogP contribution is 2.33. The highest BCUT2D eigenvalue weighted by molar-refractivity contribution is 7.89. The predicted molar refractivity (Wildman–Crippen MR) is 104 cm³/mol. The van der Waals surface area contributed by atoms with Crippen molar-refractivity contribution in [1.29, 1.82) is 0 Å². The first-order valence-corrected chi connectivity index (χ1v) is 10.4. The first-order chi connectivity index (χ1) is 11.8. The molecular weight excluding hydrogens is 374 g/mol. The van der Waals surface area contributed by atoms with Gasteiger partial charge in [-0.15, -0.1) is 12.4 Å². The van der Waals surface area contributed by atoms with Crippen molar-refractivity contribution in [1.82, 2.24) is 9.21 Å². The number of nitrogens with zero attached hydrogens (tertiary/aromatic N) is 2. The van der Waals surface area contributed by atoms with Crippen LogP contribution in [0.25, 0.3) is 0 Å². The van der Waals surface area contributed by atoms with Crippen LogP contribution in [0.15, 0.2) is 35.2 Å². The Kier molecular flexibility index (Phi) is 6.71. The Bertz CT molecular complexity index is 716. The smallest absolute Gasteiger partial charge is 0.243 e. The molecule has 1 heterocycles. The molecule has 2 fully saturated rings. The van der Waals surface area contributed by atoms with E-state index in [1.165, 1.54) is 4.31 Å². The molecule has 26 heavy (non-hydrogen) atoms. The van der Waals surface area contributed by atoms with Gasteiger partial charge in [0.05, 0.1) is 10.8 Å². The number of carbonyl (C=O) groups is 1. The Morgan fingerprint density at radius 1 is 1.12 bits per heavy atom. The Morgan fingerprint density at radius 2 is 1.73 bits per heavy atom. The first-order valence-electron chi connectivity index (χ1n) is 8.95. The minimum atomic E-state index is -3.49. The number of nitrogens with two attached hydrogens (primary N) is 1. The van der Waals surface area contributed by atoms with E-state index in [0.717, 1.165) is 25.7 Å². The van der Waals surface area contributed by atoms with Crippen molar-refractivity contribution in [3.8, 4) is 0 Å². The Morgan fingerprint density at radius 3 is 2.31 bits per heavy atom. The van der Waals surface area contributed by atoms with Crippen LogP contribution in [0, 0.1) is 5.92 Å². The number of sulfonamides is 1. The van der Waals surface area contributed by atoms with E-state index in [9.17, 15) is 13.2 Å². The lowest BCUT2D eigenvalue weighted by atomic mass is 9.74. The van der Waals surface area contributed by atoms with E-state index < -0.39 is 15.6 Å². The number of hydrogen-bond donors (Lipinski definition) is 1. The van der Waals surface area contributed by atoms with E-state index in [2.05, 4.69) is 0 Å². The lowest BCUT2D eigenvalue weighted by Gasteiger charge is -2.42. The van der Waals surface area contributed by atoms with Crippen molar-refractivity contribution >= 4 is 28.3 Å². The monoisotopic (exact) mass is 401 g/mol. The van der Waals surface area contributed by atoms with Crippen molar-refractivity contribution in [3.63, 3.8) is 0 Å². The molecule has 0 spiro atoms. The Hall–Kier alpha value is -1.15. The van der Waals surface area contributed by atoms with Gasteiger partial charge in [0.2, 0.25) is 15.9 Å². The highest BCUT2D eigenvalue weighted by Gasteiger charge is 2.41. The van der Waals surface area contributed by atoms with Crippen molar-refractivity contribution in [3.05, 3.63) is 30.3 Å². The van der Waals surface area contributed by atoms with E-state index in [1.54, 1.807) is 35.2 Å². The van der Waals surface area contributed by atoms with E-state index in [1.807, 2.05) is 6.92 Å². The summed E-state index contributed by atoms with van der Waals surface area (Å²) in [5.41, 5.74) is 5.89. The second-order valence-electron chi connectivity index (χ2n) is 7.35. The maximum absolute atomic E-state index is 12.9. The topological polar surface area (TPSA) is 83.7 Å². The van der Waals surface area contributed by atoms with E-state index in [4.69, 9.17) is 5.73 Å². The third kappa shape index (κ3) is 4.22. The summed E-state index contributed by atoms with van der Waals surface area (Å²) < 4.78 is 26.8. The lowest BCUT2D eigenvalue weighted by Crippen LogP contribution is -2.57. The van der Waals surface area contributed by atoms with Gasteiger partial charge in [0, 0.05) is 31.7 Å². The molecule has 1 aliphatic heterocycles. The highest BCUT2D eigenvalue weighted by atomic mass is 35.5. The minimum Gasteiger partial charge on any atom is -0.340 e. The zero-order chi connectivity index (χ0) is 18.1. The van der Waals surface area contributed by atoms with Gasteiger partial charge in [0.25, 0.3) is 0 Å². The largest absolute Gasteiger partial charge is 0.340 e. The molecular formula is C18H28ClN3O3S. The second-order valence-corrected chi connectivity index (χ2v) is 9.28. The van der Waals surface area contributed by atoms with Crippen LogP contribution in [0.1, 0.15) is 32.6 Å². The summed E-state index contributed by atoms with van der Waals surface area (Å²) in [7, 11) is -3.49. The number of benzene rings is 1. The van der Waals surface area contributed by atoms with Gasteiger partial charge in [-0.05, 0) is 31.9 Å². The third-order valence-electron chi connectivity index (χ3n) is 5.48. The average Bonchev–Trinajstić information content (AvgIpc) is 2.62. The van der Waals surface area contributed by atoms with Crippen LogP contribution >= 0.6 is 12.4 Å². The average molecular weight is 402 g/mol. The normalized spacial score (nSPS) is 27.6. The van der Waals surface area contributed by atoms with Gasteiger partial charge in [-0.1, -0.05) is 31.0 Å². The van der Waals surface area contributed by atoms with E-state index in [0.29, 0.717) is 31.1 Å². The summed E-state index contributed by atoms with van der Waals surface area (Å²) >= 11 is 0. The van der Waals surface area contributed by atoms with Crippen LogP contribution in [0.4, 0.5) is 0 Å². The molecule has 2 atom stereocenters. The van der Waals surface area contributed by atoms with Crippen molar-refractivity contribution in [2.24, 2.45) is 11.7 Å². The maximum atomic E-state index is 12.9. The number of carbonyl (C=O) groups excluding carboxylic acids is 1. The molecule has 1 saturated heterocycles. The molecule has 146 valence electrons. The zero-order valence-corrected chi connectivity index (χ0v) is 16.8. The third-order valence-corrected chi connectivity index (χ3v) is 7.40. The molecule has 2 N–H and O–H groups in total. The van der Waals surface area contributed by atoms with Gasteiger partial charge in [0.15, 0.2) is 0 Å². The lowest BCUT2D eigenvalue weighted by molar-refractivity contribution is -0.140. The van der Waals surface area contributed by atoms with Crippen LogP contribution in [0.3, 0.4) is 0 Å². The van der Waals surface area contributed by atoms with Gasteiger partial charge in [-0.25, -0.2) is 8.42 Å². The van der Waals surface area contributed by atoms with Crippen molar-refractivity contribution < 1.29 is 13.2 Å². The summed E-state index contributed by atoms with van der Waals surface area (Å²) in [4.78, 5) is 15.0. The molecule has 2 aliphatic rings. The molecule has 2 unspecified atom stereocenters. The second kappa shape index (κ2) is 8.25. The summed E-state index contributed by atoms with van der Waals surface area (Å²) in [6, 6.07) is 8.45. The van der Waals surface area contributed by atoms with Crippen LogP contribution < -0.4 is 5.73 Å². The van der Waals surface area contributed by atoms with Gasteiger partial charge in [0.1, 0.15) is 0 Å². The van der Waals surface area contributed by atoms with E-state index in [-0.39, 0.29) is 24.2 Å². The van der Waals surface area contributed by atoms with Gasteiger partial charge < -0.3 is 10.6 Å². The van der Waals surface area contributed by atoms with Crippen LogP contribution in [0.5, 0.6) is 0 Å². The summed E-state index contributed by atoms with van der Waals surface area (Å²) in [6.07, 6.45) is 3.80. The fourth-order valence-electron chi connectivity index (χ4n) is 3.87. The quantitative estimate of drug-likeness (QED) is 0.837. The van der Waals surface area contributed by atoms with Crippen LogP contribution in [-0.4, -0.2) is 55.2 Å².